The van der Waals surface area contributed by atoms with Crippen LogP contribution in [0.25, 0.3) is 0 Å². The Morgan fingerprint density at radius 3 is 2.94 bits per heavy atom. The zero-order chi connectivity index (χ0) is 11.8. The van der Waals surface area contributed by atoms with Gasteiger partial charge >= 0.3 is 0 Å². The molecule has 0 bridgehead atoms. The molecule has 1 saturated heterocycles. The standard InChI is InChI=1S/C12H20ClNO2/c1-9(13)11(16)14-6-10-4-2-3-5-12(10,7-14)8-15/h9-10,15H,2-8H2,1H3/t9-,10+,12+/m0/s1. The van der Waals surface area contributed by atoms with Crippen LogP contribution in [0.2, 0.25) is 0 Å². The van der Waals surface area contributed by atoms with Crippen LogP contribution in [0, 0.1) is 11.3 Å². The van der Waals surface area contributed by atoms with Crippen LogP contribution in [0.4, 0.5) is 0 Å². The van der Waals surface area contributed by atoms with Crippen LogP contribution in [0.15, 0.2) is 0 Å². The number of amides is 1. The van der Waals surface area contributed by atoms with Crippen LogP contribution in [0.3, 0.4) is 0 Å². The minimum Gasteiger partial charge on any atom is -0.396 e. The highest BCUT2D eigenvalue weighted by molar-refractivity contribution is 6.30. The lowest BCUT2D eigenvalue weighted by molar-refractivity contribution is -0.130. The third-order valence-corrected chi connectivity index (χ3v) is 4.44. The molecule has 4 heteroatoms. The summed E-state index contributed by atoms with van der Waals surface area (Å²) in [7, 11) is 0. The largest absolute Gasteiger partial charge is 0.396 e. The Balaban J connectivity index is 2.10. The van der Waals surface area contributed by atoms with Crippen molar-refractivity contribution >= 4 is 17.5 Å². The van der Waals surface area contributed by atoms with Crippen LogP contribution in [0.5, 0.6) is 0 Å². The van der Waals surface area contributed by atoms with Crippen molar-refractivity contribution < 1.29 is 9.90 Å². The Bertz CT molecular complexity index is 282. The van der Waals surface area contributed by atoms with Crippen LogP contribution < -0.4 is 0 Å². The molecule has 0 spiro atoms. The zero-order valence-corrected chi connectivity index (χ0v) is 10.5. The number of hydrogen-bond donors (Lipinski definition) is 1. The van der Waals surface area contributed by atoms with E-state index >= 15 is 0 Å². The lowest BCUT2D eigenvalue weighted by Crippen LogP contribution is -2.38. The molecule has 0 aromatic rings. The van der Waals surface area contributed by atoms with Crippen LogP contribution in [-0.2, 0) is 4.79 Å². The smallest absolute Gasteiger partial charge is 0.240 e. The van der Waals surface area contributed by atoms with Gasteiger partial charge in [-0.25, -0.2) is 0 Å². The molecule has 2 aliphatic rings. The van der Waals surface area contributed by atoms with Gasteiger partial charge in [-0.1, -0.05) is 12.8 Å². The Kier molecular flexibility index (Phi) is 3.45. The predicted octanol–water partition coefficient (Wildman–Crippen LogP) is 1.62. The van der Waals surface area contributed by atoms with Gasteiger partial charge in [-0.3, -0.25) is 4.79 Å². The molecule has 1 saturated carbocycles. The van der Waals surface area contributed by atoms with Gasteiger partial charge in [0.25, 0.3) is 0 Å². The molecule has 3 atom stereocenters. The van der Waals surface area contributed by atoms with Crippen molar-refractivity contribution in [1.82, 2.24) is 4.90 Å². The fraction of sp³-hybridized carbons (Fsp3) is 0.917. The lowest BCUT2D eigenvalue weighted by Gasteiger charge is -2.36. The van der Waals surface area contributed by atoms with Crippen molar-refractivity contribution in [3.63, 3.8) is 0 Å². The number of carbonyl (C=O) groups excluding carboxylic acids is 1. The summed E-state index contributed by atoms with van der Waals surface area (Å²) in [6.45, 7) is 3.41. The number of likely N-dealkylation sites (tertiary alicyclic amines) is 1. The van der Waals surface area contributed by atoms with Crippen LogP contribution >= 0.6 is 11.6 Å². The Labute approximate surface area is 102 Å². The second-order valence-electron chi connectivity index (χ2n) is 5.30. The molecule has 1 heterocycles. The maximum atomic E-state index is 11.9. The molecule has 92 valence electrons. The molecule has 1 N–H and O–H groups in total. The highest BCUT2D eigenvalue weighted by atomic mass is 35.5. The summed E-state index contributed by atoms with van der Waals surface area (Å²) in [5, 5.41) is 9.17. The summed E-state index contributed by atoms with van der Waals surface area (Å²) in [5.74, 6) is 0.495. The van der Waals surface area contributed by atoms with E-state index in [9.17, 15) is 9.90 Å². The third-order valence-electron chi connectivity index (χ3n) is 4.26. The first kappa shape index (κ1) is 12.2. The average molecular weight is 246 g/mol. The molecule has 2 rings (SSSR count). The van der Waals surface area contributed by atoms with Gasteiger partial charge in [-0.15, -0.1) is 11.6 Å². The maximum absolute atomic E-state index is 11.9. The van der Waals surface area contributed by atoms with Crippen molar-refractivity contribution in [2.24, 2.45) is 11.3 Å². The maximum Gasteiger partial charge on any atom is 0.240 e. The fourth-order valence-electron chi connectivity index (χ4n) is 3.26. The van der Waals surface area contributed by atoms with E-state index in [1.54, 1.807) is 6.92 Å². The number of hydrogen-bond acceptors (Lipinski definition) is 2. The van der Waals surface area contributed by atoms with Gasteiger partial charge in [0.2, 0.25) is 5.91 Å². The summed E-state index contributed by atoms with van der Waals surface area (Å²) < 4.78 is 0. The number of alkyl halides is 1. The Morgan fingerprint density at radius 2 is 2.38 bits per heavy atom. The molecule has 1 amide bonds. The van der Waals surface area contributed by atoms with E-state index in [-0.39, 0.29) is 17.9 Å². The minimum atomic E-state index is -0.448. The molecule has 0 radical (unpaired) electrons. The number of halogens is 1. The van der Waals surface area contributed by atoms with Crippen LogP contribution in [-0.4, -0.2) is 41.0 Å². The van der Waals surface area contributed by atoms with Crippen molar-refractivity contribution in [3.05, 3.63) is 0 Å². The van der Waals surface area contributed by atoms with Gasteiger partial charge in [0.15, 0.2) is 0 Å². The van der Waals surface area contributed by atoms with Crippen LogP contribution in [0.1, 0.15) is 32.6 Å². The third kappa shape index (κ3) is 1.95. The lowest BCUT2D eigenvalue weighted by atomic mass is 9.69. The summed E-state index contributed by atoms with van der Waals surface area (Å²) in [6.07, 6.45) is 4.59. The number of carbonyl (C=O) groups is 1. The SMILES string of the molecule is C[C@H](Cl)C(=O)N1C[C@H]2CCCC[C@]2(CO)C1. The van der Waals surface area contributed by atoms with E-state index in [2.05, 4.69) is 0 Å². The Hall–Kier alpha value is -0.280. The first-order valence-electron chi connectivity index (χ1n) is 6.13. The molecule has 2 fully saturated rings. The first-order chi connectivity index (χ1) is 7.59. The average Bonchev–Trinajstić information content (AvgIpc) is 2.67. The van der Waals surface area contributed by atoms with Gasteiger partial charge < -0.3 is 10.0 Å². The normalized spacial score (nSPS) is 35.9. The number of aliphatic hydroxyl groups excluding tert-OH is 1. The molecular formula is C12H20ClNO2. The molecule has 0 aromatic heterocycles. The predicted molar refractivity (Wildman–Crippen MR) is 63.4 cm³/mol. The summed E-state index contributed by atoms with van der Waals surface area (Å²) in [5.41, 5.74) is -0.0281. The van der Waals surface area contributed by atoms with Gasteiger partial charge in [0, 0.05) is 18.5 Å². The van der Waals surface area contributed by atoms with Gasteiger partial charge in [-0.05, 0) is 25.7 Å². The van der Waals surface area contributed by atoms with Gasteiger partial charge in [0.05, 0.1) is 6.61 Å². The monoisotopic (exact) mass is 245 g/mol. The number of rotatable bonds is 2. The molecule has 1 aliphatic heterocycles. The highest BCUT2D eigenvalue weighted by Crippen LogP contribution is 2.46. The second-order valence-corrected chi connectivity index (χ2v) is 5.95. The fourth-order valence-corrected chi connectivity index (χ4v) is 3.40. The number of nitrogens with zero attached hydrogens (tertiary/aromatic N) is 1. The number of aliphatic hydroxyl groups is 1. The first-order valence-corrected chi connectivity index (χ1v) is 6.56. The topological polar surface area (TPSA) is 40.5 Å². The van der Waals surface area contributed by atoms with Crippen molar-refractivity contribution in [2.75, 3.05) is 19.7 Å². The highest BCUT2D eigenvalue weighted by Gasteiger charge is 2.48. The van der Waals surface area contributed by atoms with Gasteiger partial charge in [0.1, 0.15) is 5.38 Å². The van der Waals surface area contributed by atoms with E-state index in [0.29, 0.717) is 12.5 Å². The number of fused-ring (bicyclic) bond motifs is 1. The van der Waals surface area contributed by atoms with E-state index in [1.807, 2.05) is 4.90 Å². The molecule has 3 nitrogen and oxygen atoms in total. The van der Waals surface area contributed by atoms with Crippen molar-refractivity contribution in [3.8, 4) is 0 Å². The summed E-state index contributed by atoms with van der Waals surface area (Å²) in [4.78, 5) is 13.7. The van der Waals surface area contributed by atoms with E-state index in [0.717, 1.165) is 19.4 Å². The van der Waals surface area contributed by atoms with Gasteiger partial charge in [-0.2, -0.15) is 0 Å². The second kappa shape index (κ2) is 4.53. The molecule has 0 aromatic carbocycles. The van der Waals surface area contributed by atoms with E-state index in [1.165, 1.54) is 12.8 Å². The van der Waals surface area contributed by atoms with Crippen molar-refractivity contribution in [2.45, 2.75) is 38.0 Å². The molecular weight excluding hydrogens is 226 g/mol. The molecule has 0 unspecified atom stereocenters. The Morgan fingerprint density at radius 1 is 1.62 bits per heavy atom. The minimum absolute atomic E-state index is 0.0175. The zero-order valence-electron chi connectivity index (χ0n) is 9.79. The quantitative estimate of drug-likeness (QED) is 0.752. The van der Waals surface area contributed by atoms with E-state index < -0.39 is 5.38 Å². The molecule has 16 heavy (non-hydrogen) atoms. The summed E-state index contributed by atoms with van der Waals surface area (Å²) >= 11 is 5.84. The molecule has 1 aliphatic carbocycles. The van der Waals surface area contributed by atoms with E-state index in [4.69, 9.17) is 11.6 Å². The summed E-state index contributed by atoms with van der Waals surface area (Å²) in [6, 6.07) is 0. The van der Waals surface area contributed by atoms with Crippen molar-refractivity contribution in [1.29, 1.82) is 0 Å².